The van der Waals surface area contributed by atoms with E-state index in [-0.39, 0.29) is 12.1 Å². The van der Waals surface area contributed by atoms with E-state index in [9.17, 15) is 14.4 Å². The first kappa shape index (κ1) is 11.8. The van der Waals surface area contributed by atoms with Crippen molar-refractivity contribution in [1.82, 2.24) is 10.2 Å². The minimum Gasteiger partial charge on any atom is -0.465 e. The number of nitrogens with zero attached hydrogens (tertiary/aromatic N) is 1. The highest BCUT2D eigenvalue weighted by Crippen LogP contribution is 2.14. The fraction of sp³-hybridized carbons (Fsp3) is 0.0833. The Kier molecular flexibility index (Phi) is 3.09. The third-order valence-electron chi connectivity index (χ3n) is 2.33. The van der Waals surface area contributed by atoms with E-state index < -0.39 is 17.8 Å². The summed E-state index contributed by atoms with van der Waals surface area (Å²) in [6.07, 6.45) is 4.11. The zero-order valence-electron chi connectivity index (χ0n) is 9.38. The summed E-state index contributed by atoms with van der Waals surface area (Å²) in [6.45, 7) is 3.48. The van der Waals surface area contributed by atoms with Crippen LogP contribution in [0.2, 0.25) is 0 Å². The summed E-state index contributed by atoms with van der Waals surface area (Å²) >= 11 is 0. The molecule has 18 heavy (non-hydrogen) atoms. The average molecular weight is 246 g/mol. The molecule has 2 rings (SSSR count). The maximum Gasteiger partial charge on any atom is 0.331 e. The van der Waals surface area contributed by atoms with Crippen LogP contribution in [0.3, 0.4) is 0 Å². The number of rotatable bonds is 3. The zero-order valence-corrected chi connectivity index (χ0v) is 9.38. The van der Waals surface area contributed by atoms with Crippen molar-refractivity contribution in [1.29, 1.82) is 0 Å². The number of urea groups is 1. The molecule has 1 saturated heterocycles. The van der Waals surface area contributed by atoms with Crippen molar-refractivity contribution in [3.05, 3.63) is 42.4 Å². The zero-order chi connectivity index (χ0) is 13.1. The molecular formula is C12H10N2O4. The SMILES string of the molecule is C=CCN1C(=O)NC(=O)C(=Cc2ccco2)C1=O. The second-order valence-electron chi connectivity index (χ2n) is 3.54. The van der Waals surface area contributed by atoms with Crippen LogP contribution >= 0.6 is 0 Å². The van der Waals surface area contributed by atoms with Gasteiger partial charge in [0.25, 0.3) is 11.8 Å². The Hall–Kier alpha value is -2.63. The number of carbonyl (C=O) groups is 3. The fourth-order valence-electron chi connectivity index (χ4n) is 1.50. The van der Waals surface area contributed by atoms with Gasteiger partial charge in [-0.2, -0.15) is 0 Å². The summed E-state index contributed by atoms with van der Waals surface area (Å²) in [5.41, 5.74) is -0.147. The molecule has 92 valence electrons. The highest BCUT2D eigenvalue weighted by Gasteiger charge is 2.35. The first-order chi connectivity index (χ1) is 8.63. The van der Waals surface area contributed by atoms with Crippen LogP contribution in [0.15, 0.2) is 41.0 Å². The van der Waals surface area contributed by atoms with Crippen molar-refractivity contribution >= 4 is 23.9 Å². The lowest BCUT2D eigenvalue weighted by molar-refractivity contribution is -0.129. The van der Waals surface area contributed by atoms with E-state index in [1.54, 1.807) is 12.1 Å². The Morgan fingerprint density at radius 3 is 2.78 bits per heavy atom. The van der Waals surface area contributed by atoms with E-state index in [0.29, 0.717) is 5.76 Å². The van der Waals surface area contributed by atoms with Crippen LogP contribution < -0.4 is 5.32 Å². The van der Waals surface area contributed by atoms with Crippen LogP contribution in [0.5, 0.6) is 0 Å². The van der Waals surface area contributed by atoms with Gasteiger partial charge in [-0.3, -0.25) is 19.8 Å². The molecule has 1 N–H and O–H groups in total. The van der Waals surface area contributed by atoms with E-state index in [2.05, 4.69) is 11.9 Å². The minimum absolute atomic E-state index is 0.0352. The molecule has 1 aliphatic rings. The molecule has 4 amide bonds. The quantitative estimate of drug-likeness (QED) is 0.488. The second kappa shape index (κ2) is 4.70. The average Bonchev–Trinajstić information content (AvgIpc) is 2.83. The van der Waals surface area contributed by atoms with Gasteiger partial charge in [0.2, 0.25) is 0 Å². The molecule has 6 nitrogen and oxygen atoms in total. The second-order valence-corrected chi connectivity index (χ2v) is 3.54. The normalized spacial score (nSPS) is 18.1. The minimum atomic E-state index is -0.749. The molecule has 1 aromatic heterocycles. The van der Waals surface area contributed by atoms with E-state index in [0.717, 1.165) is 4.90 Å². The van der Waals surface area contributed by atoms with Gasteiger partial charge < -0.3 is 4.42 Å². The van der Waals surface area contributed by atoms with Gasteiger partial charge in [-0.1, -0.05) is 6.08 Å². The molecule has 1 aromatic rings. The summed E-state index contributed by atoms with van der Waals surface area (Å²) in [6, 6.07) is 2.48. The van der Waals surface area contributed by atoms with E-state index >= 15 is 0 Å². The molecule has 1 fully saturated rings. The predicted molar refractivity (Wildman–Crippen MR) is 62.1 cm³/mol. The number of barbiturate groups is 1. The highest BCUT2D eigenvalue weighted by molar-refractivity contribution is 6.30. The first-order valence-corrected chi connectivity index (χ1v) is 5.16. The van der Waals surface area contributed by atoms with Gasteiger partial charge in [-0.05, 0) is 18.2 Å². The summed E-state index contributed by atoms with van der Waals surface area (Å²) < 4.78 is 5.02. The van der Waals surface area contributed by atoms with Crippen molar-refractivity contribution in [3.63, 3.8) is 0 Å². The van der Waals surface area contributed by atoms with Crippen LogP contribution in [0.1, 0.15) is 5.76 Å². The van der Waals surface area contributed by atoms with Crippen molar-refractivity contribution < 1.29 is 18.8 Å². The van der Waals surface area contributed by atoms with Gasteiger partial charge in [0.1, 0.15) is 11.3 Å². The standard InChI is InChI=1S/C12H10N2O4/c1-2-5-14-11(16)9(10(15)13-12(14)17)7-8-4-3-6-18-8/h2-4,6-7H,1,5H2,(H,13,15,17). The summed E-state index contributed by atoms with van der Waals surface area (Å²) in [4.78, 5) is 35.8. The first-order valence-electron chi connectivity index (χ1n) is 5.16. The largest absolute Gasteiger partial charge is 0.465 e. The maximum absolute atomic E-state index is 11.9. The third-order valence-corrected chi connectivity index (χ3v) is 2.33. The number of nitrogens with one attached hydrogen (secondary N) is 1. The molecule has 0 spiro atoms. The van der Waals surface area contributed by atoms with Crippen molar-refractivity contribution in [3.8, 4) is 0 Å². The Morgan fingerprint density at radius 2 is 2.17 bits per heavy atom. The number of carbonyl (C=O) groups excluding carboxylic acids is 3. The lowest BCUT2D eigenvalue weighted by atomic mass is 10.1. The molecule has 2 heterocycles. The number of hydrogen-bond donors (Lipinski definition) is 1. The van der Waals surface area contributed by atoms with E-state index in [1.807, 2.05) is 0 Å². The molecule has 0 bridgehead atoms. The van der Waals surface area contributed by atoms with Crippen molar-refractivity contribution in [2.45, 2.75) is 0 Å². The van der Waals surface area contributed by atoms with E-state index in [1.165, 1.54) is 18.4 Å². The lowest BCUT2D eigenvalue weighted by Gasteiger charge is -2.24. The van der Waals surface area contributed by atoms with E-state index in [4.69, 9.17) is 4.42 Å². The summed E-state index contributed by atoms with van der Waals surface area (Å²) in [5, 5.41) is 2.08. The number of furan rings is 1. The topological polar surface area (TPSA) is 79.6 Å². The Labute approximate surface area is 103 Å². The number of hydrogen-bond acceptors (Lipinski definition) is 4. The third kappa shape index (κ3) is 2.08. The molecular weight excluding hydrogens is 236 g/mol. The fourth-order valence-corrected chi connectivity index (χ4v) is 1.50. The Morgan fingerprint density at radius 1 is 1.39 bits per heavy atom. The van der Waals surface area contributed by atoms with Crippen molar-refractivity contribution in [2.75, 3.05) is 6.54 Å². The molecule has 0 aromatic carbocycles. The molecule has 0 radical (unpaired) electrons. The smallest absolute Gasteiger partial charge is 0.331 e. The number of imide groups is 2. The maximum atomic E-state index is 11.9. The van der Waals surface area contributed by atoms with Gasteiger partial charge in [0.05, 0.1) is 6.26 Å². The van der Waals surface area contributed by atoms with Crippen LogP contribution in [-0.2, 0) is 9.59 Å². The monoisotopic (exact) mass is 246 g/mol. The highest BCUT2D eigenvalue weighted by atomic mass is 16.3. The number of amides is 4. The lowest BCUT2D eigenvalue weighted by Crippen LogP contribution is -2.54. The summed E-state index contributed by atoms with van der Waals surface area (Å²) in [7, 11) is 0. The Balaban J connectivity index is 2.35. The molecule has 1 aliphatic heterocycles. The van der Waals surface area contributed by atoms with Crippen molar-refractivity contribution in [2.24, 2.45) is 0 Å². The molecule has 0 saturated carbocycles. The summed E-state index contributed by atoms with van der Waals surface area (Å²) in [5.74, 6) is -1.04. The predicted octanol–water partition coefficient (Wildman–Crippen LogP) is 0.927. The van der Waals surface area contributed by atoms with Gasteiger partial charge >= 0.3 is 6.03 Å². The van der Waals surface area contributed by atoms with Crippen LogP contribution in [-0.4, -0.2) is 29.3 Å². The van der Waals surface area contributed by atoms with Gasteiger partial charge in [-0.15, -0.1) is 6.58 Å². The molecule has 0 unspecified atom stereocenters. The van der Waals surface area contributed by atoms with Crippen LogP contribution in [0.4, 0.5) is 4.79 Å². The Bertz CT molecular complexity index is 542. The van der Waals surface area contributed by atoms with Crippen LogP contribution in [0, 0.1) is 0 Å². The van der Waals surface area contributed by atoms with Gasteiger partial charge in [-0.25, -0.2) is 4.79 Å². The van der Waals surface area contributed by atoms with Crippen LogP contribution in [0.25, 0.3) is 6.08 Å². The van der Waals surface area contributed by atoms with Gasteiger partial charge in [0, 0.05) is 6.54 Å². The molecule has 0 aliphatic carbocycles. The molecule has 0 atom stereocenters. The molecule has 6 heteroatoms. The van der Waals surface area contributed by atoms with Gasteiger partial charge in [0.15, 0.2) is 0 Å².